The summed E-state index contributed by atoms with van der Waals surface area (Å²) in [7, 11) is 1.54. The molecule has 5 nitrogen and oxygen atoms in total. The Labute approximate surface area is 161 Å². The smallest absolute Gasteiger partial charge is 0.335 e. The summed E-state index contributed by atoms with van der Waals surface area (Å²) in [5.41, 5.74) is 2.38. The molecule has 0 atom stereocenters. The average Bonchev–Trinajstić information content (AvgIpc) is 2.72. The van der Waals surface area contributed by atoms with Crippen LogP contribution in [0.15, 0.2) is 71.7 Å². The molecule has 0 aliphatic rings. The van der Waals surface area contributed by atoms with Crippen molar-refractivity contribution in [3.63, 3.8) is 0 Å². The fourth-order valence-electron chi connectivity index (χ4n) is 2.52. The van der Waals surface area contributed by atoms with Gasteiger partial charge in [0.2, 0.25) is 0 Å². The van der Waals surface area contributed by atoms with E-state index < -0.39 is 5.97 Å². The van der Waals surface area contributed by atoms with Crippen LogP contribution >= 0.6 is 0 Å². The van der Waals surface area contributed by atoms with Crippen LogP contribution in [0.3, 0.4) is 0 Å². The van der Waals surface area contributed by atoms with Gasteiger partial charge < -0.3 is 14.6 Å². The number of halogens is 1. The monoisotopic (exact) mass is 379 g/mol. The van der Waals surface area contributed by atoms with Crippen LogP contribution in [0.2, 0.25) is 0 Å². The van der Waals surface area contributed by atoms with E-state index in [1.807, 2.05) is 6.07 Å². The molecule has 0 amide bonds. The van der Waals surface area contributed by atoms with E-state index in [4.69, 9.17) is 14.6 Å². The summed E-state index contributed by atoms with van der Waals surface area (Å²) in [6, 6.07) is 17.8. The summed E-state index contributed by atoms with van der Waals surface area (Å²) >= 11 is 0. The quantitative estimate of drug-likeness (QED) is 0.595. The highest BCUT2D eigenvalue weighted by Crippen LogP contribution is 2.28. The number of nitrogens with zero attached hydrogens (tertiary/aromatic N) is 1. The Morgan fingerprint density at radius 3 is 2.57 bits per heavy atom. The van der Waals surface area contributed by atoms with Gasteiger partial charge in [0.25, 0.3) is 0 Å². The molecule has 3 aromatic rings. The summed E-state index contributed by atoms with van der Waals surface area (Å²) in [5, 5.41) is 9.06. The Hall–Kier alpha value is -3.67. The number of carboxylic acids is 1. The number of carbonyl (C=O) groups is 1. The lowest BCUT2D eigenvalue weighted by atomic mass is 10.1. The van der Waals surface area contributed by atoms with Crippen molar-refractivity contribution in [2.24, 2.45) is 4.99 Å². The van der Waals surface area contributed by atoms with E-state index in [0.29, 0.717) is 17.2 Å². The molecule has 6 heteroatoms. The van der Waals surface area contributed by atoms with E-state index in [-0.39, 0.29) is 18.0 Å². The highest BCUT2D eigenvalue weighted by molar-refractivity contribution is 5.87. The third-order valence-corrected chi connectivity index (χ3v) is 3.95. The number of methoxy groups -OCH3 is 1. The zero-order valence-corrected chi connectivity index (χ0v) is 15.1. The Balaban J connectivity index is 1.71. The van der Waals surface area contributed by atoms with Gasteiger partial charge in [-0.2, -0.15) is 0 Å². The third kappa shape index (κ3) is 4.94. The third-order valence-electron chi connectivity index (χ3n) is 3.95. The van der Waals surface area contributed by atoms with Gasteiger partial charge >= 0.3 is 5.97 Å². The molecule has 3 aromatic carbocycles. The van der Waals surface area contributed by atoms with E-state index in [1.165, 1.54) is 25.3 Å². The lowest BCUT2D eigenvalue weighted by Gasteiger charge is -2.11. The second-order valence-corrected chi connectivity index (χ2v) is 5.94. The van der Waals surface area contributed by atoms with Crippen molar-refractivity contribution in [2.75, 3.05) is 7.11 Å². The molecule has 0 saturated carbocycles. The van der Waals surface area contributed by atoms with Crippen LogP contribution in [-0.4, -0.2) is 24.4 Å². The van der Waals surface area contributed by atoms with Gasteiger partial charge in [0, 0.05) is 6.21 Å². The molecule has 1 N–H and O–H groups in total. The topological polar surface area (TPSA) is 68.1 Å². The largest absolute Gasteiger partial charge is 0.493 e. The van der Waals surface area contributed by atoms with Crippen molar-refractivity contribution in [3.05, 3.63) is 89.2 Å². The number of benzene rings is 3. The fourth-order valence-corrected chi connectivity index (χ4v) is 2.52. The van der Waals surface area contributed by atoms with Crippen molar-refractivity contribution in [2.45, 2.75) is 6.61 Å². The molecule has 0 unspecified atom stereocenters. The van der Waals surface area contributed by atoms with Gasteiger partial charge in [0.1, 0.15) is 12.4 Å². The second-order valence-electron chi connectivity index (χ2n) is 5.94. The van der Waals surface area contributed by atoms with Gasteiger partial charge in [-0.05, 0) is 65.7 Å². The predicted octanol–water partition coefficient (Wildman–Crippen LogP) is 4.86. The minimum Gasteiger partial charge on any atom is -0.493 e. The zero-order chi connectivity index (χ0) is 19.9. The molecule has 0 aromatic heterocycles. The van der Waals surface area contributed by atoms with Crippen molar-refractivity contribution in [1.29, 1.82) is 0 Å². The van der Waals surface area contributed by atoms with Gasteiger partial charge in [-0.1, -0.05) is 12.1 Å². The normalized spacial score (nSPS) is 10.8. The van der Waals surface area contributed by atoms with Gasteiger partial charge in [0.05, 0.1) is 18.4 Å². The SMILES string of the molecule is COc1cc(C=Nc2ccc(F)cc2)ccc1OCc1cccc(C(=O)O)c1. The predicted molar refractivity (Wildman–Crippen MR) is 104 cm³/mol. The summed E-state index contributed by atoms with van der Waals surface area (Å²) in [6.07, 6.45) is 1.65. The molecular weight excluding hydrogens is 361 g/mol. The molecule has 0 heterocycles. The van der Waals surface area contributed by atoms with E-state index in [1.54, 1.807) is 48.7 Å². The number of ether oxygens (including phenoxy) is 2. The first-order chi connectivity index (χ1) is 13.5. The van der Waals surface area contributed by atoms with Crippen molar-refractivity contribution >= 4 is 17.9 Å². The van der Waals surface area contributed by atoms with Gasteiger partial charge in [-0.25, -0.2) is 9.18 Å². The highest BCUT2D eigenvalue weighted by atomic mass is 19.1. The highest BCUT2D eigenvalue weighted by Gasteiger charge is 2.07. The molecule has 0 aliphatic heterocycles. The van der Waals surface area contributed by atoms with Crippen LogP contribution in [0, 0.1) is 5.82 Å². The van der Waals surface area contributed by atoms with Gasteiger partial charge in [-0.3, -0.25) is 4.99 Å². The van der Waals surface area contributed by atoms with Crippen molar-refractivity contribution < 1.29 is 23.8 Å². The maximum absolute atomic E-state index is 12.9. The maximum Gasteiger partial charge on any atom is 0.335 e. The number of hydrogen-bond donors (Lipinski definition) is 1. The lowest BCUT2D eigenvalue weighted by Crippen LogP contribution is -2.01. The standard InChI is InChI=1S/C22H18FNO4/c1-27-21-12-15(13-24-19-8-6-18(23)7-9-19)5-10-20(21)28-14-16-3-2-4-17(11-16)22(25)26/h2-13H,14H2,1H3,(H,25,26). The van der Waals surface area contributed by atoms with Crippen LogP contribution in [0.1, 0.15) is 21.5 Å². The number of hydrogen-bond acceptors (Lipinski definition) is 4. The Morgan fingerprint density at radius 2 is 1.86 bits per heavy atom. The summed E-state index contributed by atoms with van der Waals surface area (Å²) < 4.78 is 24.1. The first kappa shape index (κ1) is 19.1. The minimum absolute atomic E-state index is 0.209. The van der Waals surface area contributed by atoms with Crippen LogP contribution < -0.4 is 9.47 Å². The van der Waals surface area contributed by atoms with Crippen molar-refractivity contribution in [1.82, 2.24) is 0 Å². The van der Waals surface area contributed by atoms with E-state index >= 15 is 0 Å². The van der Waals surface area contributed by atoms with E-state index in [2.05, 4.69) is 4.99 Å². The summed E-state index contributed by atoms with van der Waals surface area (Å²) in [5.74, 6) is -0.236. The van der Waals surface area contributed by atoms with E-state index in [9.17, 15) is 9.18 Å². The molecule has 0 bridgehead atoms. The average molecular weight is 379 g/mol. The zero-order valence-electron chi connectivity index (χ0n) is 15.1. The van der Waals surface area contributed by atoms with Crippen LogP contribution in [0.5, 0.6) is 11.5 Å². The number of rotatable bonds is 7. The number of carboxylic acid groups (broad SMARTS) is 1. The number of aliphatic imine (C=N–C) groups is 1. The molecule has 142 valence electrons. The Morgan fingerprint density at radius 1 is 1.07 bits per heavy atom. The van der Waals surface area contributed by atoms with Crippen LogP contribution in [0.25, 0.3) is 0 Å². The first-order valence-corrected chi connectivity index (χ1v) is 8.48. The first-order valence-electron chi connectivity index (χ1n) is 8.48. The van der Waals surface area contributed by atoms with Crippen LogP contribution in [0.4, 0.5) is 10.1 Å². The minimum atomic E-state index is -0.982. The summed E-state index contributed by atoms with van der Waals surface area (Å²) in [4.78, 5) is 15.4. The van der Waals surface area contributed by atoms with Crippen LogP contribution in [-0.2, 0) is 6.61 Å². The molecule has 0 saturated heterocycles. The molecule has 28 heavy (non-hydrogen) atoms. The Kier molecular flexibility index (Phi) is 6.01. The van der Waals surface area contributed by atoms with Gasteiger partial charge in [0.15, 0.2) is 11.5 Å². The van der Waals surface area contributed by atoms with Gasteiger partial charge in [-0.15, -0.1) is 0 Å². The number of aromatic carboxylic acids is 1. The second kappa shape index (κ2) is 8.81. The molecule has 0 fully saturated rings. The lowest BCUT2D eigenvalue weighted by molar-refractivity contribution is 0.0696. The summed E-state index contributed by atoms with van der Waals surface area (Å²) in [6.45, 7) is 0.209. The molecular formula is C22H18FNO4. The van der Waals surface area contributed by atoms with Crippen molar-refractivity contribution in [3.8, 4) is 11.5 Å². The molecule has 0 spiro atoms. The molecule has 3 rings (SSSR count). The Bertz CT molecular complexity index is 1000. The fraction of sp³-hybridized carbons (Fsp3) is 0.0909. The molecule has 0 radical (unpaired) electrons. The molecule has 0 aliphatic carbocycles. The van der Waals surface area contributed by atoms with E-state index in [0.717, 1.165) is 11.1 Å². The maximum atomic E-state index is 12.9.